The maximum Gasteiger partial charge on any atom is 0.312 e. The number of cyclic esters (lactones) is 1. The van der Waals surface area contributed by atoms with Crippen LogP contribution in [0, 0.1) is 24.0 Å². The standard InChI is InChI=1S/C22H22F2N4O2/c1-14-8-19(17-9-15(23)10-18(24)20(17)26-14)28-5-2-22(3-6-28)11-16(30-21(22)29)12-27-7-4-25-13-27/h4,7-10,13,16H,2-3,5-6,11-12H2,1H3. The van der Waals surface area contributed by atoms with Gasteiger partial charge in [0.05, 0.1) is 18.3 Å². The smallest absolute Gasteiger partial charge is 0.312 e. The first kappa shape index (κ1) is 19.0. The lowest BCUT2D eigenvalue weighted by Gasteiger charge is -2.38. The predicted octanol–water partition coefficient (Wildman–Crippen LogP) is 3.62. The van der Waals surface area contributed by atoms with Gasteiger partial charge in [-0.1, -0.05) is 0 Å². The number of halogens is 2. The summed E-state index contributed by atoms with van der Waals surface area (Å²) in [6.45, 7) is 3.63. The van der Waals surface area contributed by atoms with E-state index in [1.54, 1.807) is 19.4 Å². The fraction of sp³-hybridized carbons (Fsp3) is 0.409. The molecule has 0 bridgehead atoms. The molecule has 0 radical (unpaired) electrons. The molecule has 1 unspecified atom stereocenters. The number of rotatable bonds is 3. The van der Waals surface area contributed by atoms with Crippen LogP contribution < -0.4 is 4.90 Å². The summed E-state index contributed by atoms with van der Waals surface area (Å²) in [5.41, 5.74) is 1.11. The number of carbonyl (C=O) groups is 1. The van der Waals surface area contributed by atoms with Gasteiger partial charge in [0.1, 0.15) is 17.4 Å². The van der Waals surface area contributed by atoms with Crippen molar-refractivity contribution in [2.75, 3.05) is 18.0 Å². The van der Waals surface area contributed by atoms with Crippen LogP contribution >= 0.6 is 0 Å². The molecule has 2 fully saturated rings. The Morgan fingerprint density at radius 2 is 2.03 bits per heavy atom. The van der Waals surface area contributed by atoms with E-state index in [0.29, 0.717) is 50.0 Å². The van der Waals surface area contributed by atoms with Crippen LogP contribution in [0.4, 0.5) is 14.5 Å². The molecule has 4 heterocycles. The van der Waals surface area contributed by atoms with Crippen LogP contribution in [-0.2, 0) is 16.1 Å². The second-order valence-corrected chi connectivity index (χ2v) is 8.32. The molecule has 3 aromatic rings. The van der Waals surface area contributed by atoms with Crippen molar-refractivity contribution in [3.63, 3.8) is 0 Å². The number of ether oxygens (including phenoxy) is 1. The van der Waals surface area contributed by atoms with E-state index in [-0.39, 0.29) is 17.6 Å². The van der Waals surface area contributed by atoms with Gasteiger partial charge in [-0.05, 0) is 31.9 Å². The van der Waals surface area contributed by atoms with Crippen LogP contribution in [0.1, 0.15) is 25.0 Å². The Morgan fingerprint density at radius 3 is 2.77 bits per heavy atom. The molecular formula is C22H22F2N4O2. The van der Waals surface area contributed by atoms with E-state index < -0.39 is 17.0 Å². The fourth-order valence-electron chi connectivity index (χ4n) is 4.77. The third-order valence-electron chi connectivity index (χ3n) is 6.30. The molecule has 6 nitrogen and oxygen atoms in total. The van der Waals surface area contributed by atoms with E-state index in [1.165, 1.54) is 6.07 Å². The number of fused-ring (bicyclic) bond motifs is 1. The summed E-state index contributed by atoms with van der Waals surface area (Å²) < 4.78 is 35.7. The third kappa shape index (κ3) is 3.20. The molecule has 1 aromatic carbocycles. The van der Waals surface area contributed by atoms with E-state index in [2.05, 4.69) is 14.9 Å². The summed E-state index contributed by atoms with van der Waals surface area (Å²) in [6.07, 6.45) is 7.09. The van der Waals surface area contributed by atoms with Crippen molar-refractivity contribution in [2.24, 2.45) is 5.41 Å². The van der Waals surface area contributed by atoms with E-state index in [0.717, 1.165) is 11.8 Å². The summed E-state index contributed by atoms with van der Waals surface area (Å²) in [7, 11) is 0. The summed E-state index contributed by atoms with van der Waals surface area (Å²) in [4.78, 5) is 23.1. The highest BCUT2D eigenvalue weighted by Crippen LogP contribution is 2.45. The number of esters is 1. The van der Waals surface area contributed by atoms with Gasteiger partial charge < -0.3 is 14.2 Å². The van der Waals surface area contributed by atoms with Gasteiger partial charge in [-0.2, -0.15) is 0 Å². The maximum atomic E-state index is 14.3. The van der Waals surface area contributed by atoms with Crippen molar-refractivity contribution in [2.45, 2.75) is 38.8 Å². The normalized spacial score (nSPS) is 20.8. The van der Waals surface area contributed by atoms with Gasteiger partial charge in [0.15, 0.2) is 5.82 Å². The Hall–Kier alpha value is -3.03. The highest BCUT2D eigenvalue weighted by molar-refractivity contribution is 5.92. The molecule has 156 valence electrons. The number of aromatic nitrogens is 3. The minimum absolute atomic E-state index is 0.139. The van der Waals surface area contributed by atoms with Crippen molar-refractivity contribution in [3.8, 4) is 0 Å². The van der Waals surface area contributed by atoms with Gasteiger partial charge in [0.2, 0.25) is 0 Å². The van der Waals surface area contributed by atoms with Crippen molar-refractivity contribution < 1.29 is 18.3 Å². The number of nitrogens with zero attached hydrogens (tertiary/aromatic N) is 4. The highest BCUT2D eigenvalue weighted by atomic mass is 19.1. The maximum absolute atomic E-state index is 14.3. The summed E-state index contributed by atoms with van der Waals surface area (Å²) in [5.74, 6) is -1.42. The van der Waals surface area contributed by atoms with Crippen LogP contribution in [0.25, 0.3) is 10.9 Å². The minimum atomic E-state index is -0.662. The first-order valence-corrected chi connectivity index (χ1v) is 10.1. The van der Waals surface area contributed by atoms with Gasteiger partial charge >= 0.3 is 5.97 Å². The number of hydrogen-bond acceptors (Lipinski definition) is 5. The third-order valence-corrected chi connectivity index (χ3v) is 6.30. The Bertz CT molecular complexity index is 1110. The SMILES string of the molecule is Cc1cc(N2CCC3(CC2)CC(Cn2ccnc2)OC3=O)c2cc(F)cc(F)c2n1. The molecule has 2 saturated heterocycles. The average Bonchev–Trinajstić information content (AvgIpc) is 3.31. The Morgan fingerprint density at radius 1 is 1.23 bits per heavy atom. The summed E-state index contributed by atoms with van der Waals surface area (Å²) in [5, 5.41) is 0.459. The van der Waals surface area contributed by atoms with Crippen LogP contribution in [0.15, 0.2) is 36.9 Å². The molecule has 30 heavy (non-hydrogen) atoms. The fourth-order valence-corrected chi connectivity index (χ4v) is 4.77. The van der Waals surface area contributed by atoms with E-state index in [1.807, 2.05) is 16.8 Å². The van der Waals surface area contributed by atoms with Gasteiger partial charge in [0.25, 0.3) is 0 Å². The number of pyridine rings is 1. The van der Waals surface area contributed by atoms with E-state index in [9.17, 15) is 13.6 Å². The zero-order valence-electron chi connectivity index (χ0n) is 16.6. The largest absolute Gasteiger partial charge is 0.460 e. The second kappa shape index (κ2) is 7.04. The van der Waals surface area contributed by atoms with Crippen LogP contribution in [-0.4, -0.2) is 39.7 Å². The van der Waals surface area contributed by atoms with Crippen molar-refractivity contribution >= 4 is 22.6 Å². The minimum Gasteiger partial charge on any atom is -0.460 e. The summed E-state index contributed by atoms with van der Waals surface area (Å²) >= 11 is 0. The zero-order valence-corrected chi connectivity index (χ0v) is 16.6. The quantitative estimate of drug-likeness (QED) is 0.615. The number of piperidine rings is 1. The van der Waals surface area contributed by atoms with E-state index >= 15 is 0 Å². The Labute approximate surface area is 172 Å². The molecule has 0 saturated carbocycles. The lowest BCUT2D eigenvalue weighted by molar-refractivity contribution is -0.150. The Balaban J connectivity index is 1.37. The second-order valence-electron chi connectivity index (χ2n) is 8.32. The van der Waals surface area contributed by atoms with Gasteiger partial charge in [-0.15, -0.1) is 0 Å². The first-order valence-electron chi connectivity index (χ1n) is 10.1. The van der Waals surface area contributed by atoms with Gasteiger partial charge in [0, 0.05) is 54.7 Å². The Kier molecular flexibility index (Phi) is 4.45. The van der Waals surface area contributed by atoms with E-state index in [4.69, 9.17) is 4.74 Å². The molecule has 2 aliphatic rings. The topological polar surface area (TPSA) is 60.2 Å². The lowest BCUT2D eigenvalue weighted by atomic mass is 9.76. The zero-order chi connectivity index (χ0) is 20.9. The lowest BCUT2D eigenvalue weighted by Crippen LogP contribution is -2.42. The molecule has 2 aromatic heterocycles. The number of benzene rings is 1. The number of carbonyl (C=O) groups excluding carboxylic acids is 1. The molecule has 5 rings (SSSR count). The van der Waals surface area contributed by atoms with Crippen LogP contribution in [0.3, 0.4) is 0 Å². The molecule has 8 heteroatoms. The van der Waals surface area contributed by atoms with Crippen molar-refractivity contribution in [1.29, 1.82) is 0 Å². The predicted molar refractivity (Wildman–Crippen MR) is 107 cm³/mol. The van der Waals surface area contributed by atoms with Gasteiger partial charge in [-0.3, -0.25) is 4.79 Å². The number of aryl methyl sites for hydroxylation is 1. The van der Waals surface area contributed by atoms with Gasteiger partial charge in [-0.25, -0.2) is 18.7 Å². The number of hydrogen-bond donors (Lipinski definition) is 0. The molecule has 0 N–H and O–H groups in total. The van der Waals surface area contributed by atoms with Crippen LogP contribution in [0.5, 0.6) is 0 Å². The van der Waals surface area contributed by atoms with Crippen LogP contribution in [0.2, 0.25) is 0 Å². The monoisotopic (exact) mass is 412 g/mol. The molecular weight excluding hydrogens is 390 g/mol. The van der Waals surface area contributed by atoms with Crippen molar-refractivity contribution in [1.82, 2.24) is 14.5 Å². The molecule has 0 aliphatic carbocycles. The molecule has 1 spiro atoms. The number of imidazole rings is 1. The average molecular weight is 412 g/mol. The molecule has 2 aliphatic heterocycles. The molecule has 1 atom stereocenters. The molecule has 0 amide bonds. The first-order chi connectivity index (χ1) is 14.4. The highest BCUT2D eigenvalue weighted by Gasteiger charge is 2.50. The number of anilines is 1. The van der Waals surface area contributed by atoms with Crippen molar-refractivity contribution in [3.05, 3.63) is 54.2 Å². The summed E-state index contributed by atoms with van der Waals surface area (Å²) in [6, 6.07) is 4.04.